The summed E-state index contributed by atoms with van der Waals surface area (Å²) in [6.07, 6.45) is 3.81. The zero-order valence-electron chi connectivity index (χ0n) is 15.1. The van der Waals surface area contributed by atoms with Crippen LogP contribution in [0.5, 0.6) is 0 Å². The molecule has 2 heterocycles. The van der Waals surface area contributed by atoms with E-state index in [4.69, 9.17) is 0 Å². The van der Waals surface area contributed by atoms with Gasteiger partial charge in [0.05, 0.1) is 0 Å². The summed E-state index contributed by atoms with van der Waals surface area (Å²) < 4.78 is 13.0. The fraction of sp³-hybridized carbons (Fsp3) is 0.421. The summed E-state index contributed by atoms with van der Waals surface area (Å²) in [5.41, 5.74) is 1.69. The van der Waals surface area contributed by atoms with Crippen molar-refractivity contribution in [3.05, 3.63) is 47.7 Å². The maximum atomic E-state index is 13.0. The van der Waals surface area contributed by atoms with Gasteiger partial charge in [-0.15, -0.1) is 0 Å². The van der Waals surface area contributed by atoms with E-state index in [9.17, 15) is 9.18 Å². The van der Waals surface area contributed by atoms with E-state index in [0.717, 1.165) is 36.6 Å². The molecular formula is C19H24FN5O. The van der Waals surface area contributed by atoms with Crippen LogP contribution in [0.3, 0.4) is 0 Å². The second-order valence-corrected chi connectivity index (χ2v) is 6.46. The van der Waals surface area contributed by atoms with Crippen LogP contribution in [0.2, 0.25) is 0 Å². The van der Waals surface area contributed by atoms with Gasteiger partial charge in [-0.1, -0.05) is 13.3 Å². The van der Waals surface area contributed by atoms with Gasteiger partial charge in [-0.05, 0) is 37.6 Å². The first-order valence-corrected chi connectivity index (χ1v) is 8.94. The first-order valence-electron chi connectivity index (χ1n) is 8.94. The number of hydrogen-bond acceptors (Lipinski definition) is 5. The molecule has 0 aliphatic carbocycles. The average molecular weight is 357 g/mol. The maximum absolute atomic E-state index is 13.0. The molecular weight excluding hydrogens is 333 g/mol. The summed E-state index contributed by atoms with van der Waals surface area (Å²) in [6, 6.07) is 5.41. The minimum Gasteiger partial charge on any atom is -0.353 e. The predicted octanol–water partition coefficient (Wildman–Crippen LogP) is 2.29. The van der Waals surface area contributed by atoms with Gasteiger partial charge in [0, 0.05) is 37.1 Å². The minimum absolute atomic E-state index is 0.135. The Bertz CT molecular complexity index is 765. The number of nitrogens with one attached hydrogen (secondary N) is 2. The van der Waals surface area contributed by atoms with Crippen molar-refractivity contribution in [1.29, 1.82) is 0 Å². The van der Waals surface area contributed by atoms with Crippen LogP contribution in [0.4, 0.5) is 15.9 Å². The molecule has 1 atom stereocenters. The number of nitrogens with zero attached hydrogens (tertiary/aromatic N) is 3. The van der Waals surface area contributed by atoms with E-state index in [0.29, 0.717) is 18.8 Å². The van der Waals surface area contributed by atoms with Gasteiger partial charge in [-0.25, -0.2) is 14.4 Å². The first-order chi connectivity index (χ1) is 12.6. The lowest BCUT2D eigenvalue weighted by Gasteiger charge is -2.34. The summed E-state index contributed by atoms with van der Waals surface area (Å²) in [5, 5.41) is 6.08. The Morgan fingerprint density at radius 3 is 2.88 bits per heavy atom. The molecule has 1 aromatic carbocycles. The highest BCUT2D eigenvalue weighted by molar-refractivity contribution is 5.95. The van der Waals surface area contributed by atoms with Crippen molar-refractivity contribution in [3.63, 3.8) is 0 Å². The number of aryl methyl sites for hydroxylation is 2. The number of amides is 1. The van der Waals surface area contributed by atoms with Crippen LogP contribution in [0.25, 0.3) is 0 Å². The molecule has 2 N–H and O–H groups in total. The van der Waals surface area contributed by atoms with Gasteiger partial charge >= 0.3 is 0 Å². The van der Waals surface area contributed by atoms with Crippen molar-refractivity contribution in [2.45, 2.75) is 32.7 Å². The normalized spacial score (nSPS) is 17.2. The van der Waals surface area contributed by atoms with Crippen LogP contribution in [0.1, 0.15) is 24.7 Å². The Morgan fingerprint density at radius 1 is 1.38 bits per heavy atom. The molecule has 0 radical (unpaired) electrons. The fourth-order valence-corrected chi connectivity index (χ4v) is 3.08. The Labute approximate surface area is 152 Å². The third-order valence-corrected chi connectivity index (χ3v) is 4.38. The van der Waals surface area contributed by atoms with Gasteiger partial charge in [-0.2, -0.15) is 0 Å². The van der Waals surface area contributed by atoms with Gasteiger partial charge in [0.2, 0.25) is 5.91 Å². The van der Waals surface area contributed by atoms with Gasteiger partial charge in [0.25, 0.3) is 0 Å². The third-order valence-electron chi connectivity index (χ3n) is 4.38. The smallest absolute Gasteiger partial charge is 0.243 e. The molecule has 1 saturated heterocycles. The molecule has 26 heavy (non-hydrogen) atoms. The number of anilines is 2. The SMILES string of the molecule is CCCc1cnc(C)nc1N1CCNC(C(=O)Nc2ccc(F)cc2)C1. The van der Waals surface area contributed by atoms with Crippen LogP contribution in [0.15, 0.2) is 30.5 Å². The second-order valence-electron chi connectivity index (χ2n) is 6.46. The predicted molar refractivity (Wildman–Crippen MR) is 99.8 cm³/mol. The summed E-state index contributed by atoms with van der Waals surface area (Å²) in [5.74, 6) is 1.18. The van der Waals surface area contributed by atoms with Crippen molar-refractivity contribution >= 4 is 17.4 Å². The molecule has 1 aliphatic heterocycles. The number of aromatic nitrogens is 2. The monoisotopic (exact) mass is 357 g/mol. The van der Waals surface area contributed by atoms with E-state index in [1.165, 1.54) is 12.1 Å². The fourth-order valence-electron chi connectivity index (χ4n) is 3.08. The molecule has 1 aliphatic rings. The Kier molecular flexibility index (Phi) is 5.78. The lowest BCUT2D eigenvalue weighted by Crippen LogP contribution is -2.56. The topological polar surface area (TPSA) is 70.2 Å². The van der Waals surface area contributed by atoms with Crippen molar-refractivity contribution in [1.82, 2.24) is 15.3 Å². The molecule has 2 aromatic rings. The summed E-state index contributed by atoms with van der Waals surface area (Å²) in [7, 11) is 0. The van der Waals surface area contributed by atoms with Gasteiger partial charge in [0.1, 0.15) is 23.5 Å². The molecule has 138 valence electrons. The number of carbonyl (C=O) groups excluding carboxylic acids is 1. The van der Waals surface area contributed by atoms with Crippen LogP contribution in [-0.2, 0) is 11.2 Å². The standard InChI is InChI=1S/C19H24FN5O/c1-3-4-14-11-22-13(2)23-18(14)25-10-9-21-17(12-25)19(26)24-16-7-5-15(20)6-8-16/h5-8,11,17,21H,3-4,9-10,12H2,1-2H3,(H,24,26). The van der Waals surface area contributed by atoms with E-state index < -0.39 is 0 Å². The van der Waals surface area contributed by atoms with Crippen LogP contribution in [0, 0.1) is 12.7 Å². The third kappa shape index (κ3) is 4.35. The zero-order chi connectivity index (χ0) is 18.5. The Balaban J connectivity index is 1.72. The summed E-state index contributed by atoms with van der Waals surface area (Å²) in [4.78, 5) is 23.6. The van der Waals surface area contributed by atoms with Gasteiger partial charge in [0.15, 0.2) is 0 Å². The van der Waals surface area contributed by atoms with Gasteiger partial charge in [-0.3, -0.25) is 4.79 Å². The molecule has 1 aromatic heterocycles. The van der Waals surface area contributed by atoms with Crippen molar-refractivity contribution < 1.29 is 9.18 Å². The molecule has 1 fully saturated rings. The average Bonchev–Trinajstić information content (AvgIpc) is 2.65. The number of benzene rings is 1. The Hall–Kier alpha value is -2.54. The summed E-state index contributed by atoms with van der Waals surface area (Å²) >= 11 is 0. The second kappa shape index (κ2) is 8.23. The van der Waals surface area contributed by atoms with E-state index >= 15 is 0 Å². The van der Waals surface area contributed by atoms with Crippen molar-refractivity contribution in [2.75, 3.05) is 29.9 Å². The molecule has 7 heteroatoms. The lowest BCUT2D eigenvalue weighted by molar-refractivity contribution is -0.118. The molecule has 3 rings (SSSR count). The van der Waals surface area contributed by atoms with Gasteiger partial charge < -0.3 is 15.5 Å². The lowest BCUT2D eigenvalue weighted by atomic mass is 10.1. The summed E-state index contributed by atoms with van der Waals surface area (Å²) in [6.45, 7) is 6.00. The quantitative estimate of drug-likeness (QED) is 0.859. The van der Waals surface area contributed by atoms with Crippen LogP contribution >= 0.6 is 0 Å². The van der Waals surface area contributed by atoms with Crippen LogP contribution in [-0.4, -0.2) is 41.6 Å². The first kappa shape index (κ1) is 18.3. The largest absolute Gasteiger partial charge is 0.353 e. The maximum Gasteiger partial charge on any atom is 0.243 e. The molecule has 1 amide bonds. The van der Waals surface area contributed by atoms with Crippen molar-refractivity contribution in [2.24, 2.45) is 0 Å². The minimum atomic E-state index is -0.362. The molecule has 0 saturated carbocycles. The number of halogens is 1. The zero-order valence-corrected chi connectivity index (χ0v) is 15.1. The van der Waals surface area contributed by atoms with Crippen LogP contribution < -0.4 is 15.5 Å². The van der Waals surface area contributed by atoms with E-state index in [2.05, 4.69) is 32.4 Å². The van der Waals surface area contributed by atoms with E-state index in [1.54, 1.807) is 12.1 Å². The molecule has 1 unspecified atom stereocenters. The molecule has 0 bridgehead atoms. The highest BCUT2D eigenvalue weighted by atomic mass is 19.1. The van der Waals surface area contributed by atoms with Crippen molar-refractivity contribution in [3.8, 4) is 0 Å². The highest BCUT2D eigenvalue weighted by Crippen LogP contribution is 2.21. The van der Waals surface area contributed by atoms with E-state index in [-0.39, 0.29) is 17.8 Å². The highest BCUT2D eigenvalue weighted by Gasteiger charge is 2.27. The number of carbonyl (C=O) groups is 1. The molecule has 0 spiro atoms. The van der Waals surface area contributed by atoms with E-state index in [1.807, 2.05) is 13.1 Å². The number of piperazine rings is 1. The number of rotatable bonds is 5. The number of hydrogen-bond donors (Lipinski definition) is 2. The molecule has 6 nitrogen and oxygen atoms in total. The Morgan fingerprint density at radius 2 is 2.15 bits per heavy atom.